The molecule has 0 bridgehead atoms. The summed E-state index contributed by atoms with van der Waals surface area (Å²) in [5, 5.41) is 8.72. The molecule has 0 aromatic heterocycles. The van der Waals surface area contributed by atoms with Gasteiger partial charge in [0.25, 0.3) is 0 Å². The van der Waals surface area contributed by atoms with E-state index in [1.165, 1.54) is 0 Å². The van der Waals surface area contributed by atoms with Crippen LogP contribution in [-0.4, -0.2) is 59.6 Å². The van der Waals surface area contributed by atoms with Crippen LogP contribution in [0, 0.1) is 0 Å². The lowest BCUT2D eigenvalue weighted by Gasteiger charge is -2.43. The van der Waals surface area contributed by atoms with Gasteiger partial charge in [-0.25, -0.2) is 0 Å². The van der Waals surface area contributed by atoms with E-state index in [9.17, 15) is 4.79 Å². The molecular formula is C12H22N2O2. The summed E-state index contributed by atoms with van der Waals surface area (Å²) in [6.45, 7) is 8.80. The molecule has 4 heteroatoms. The summed E-state index contributed by atoms with van der Waals surface area (Å²) < 4.78 is 0. The van der Waals surface area contributed by atoms with Gasteiger partial charge >= 0.3 is 5.97 Å². The van der Waals surface area contributed by atoms with Gasteiger partial charge in [-0.05, 0) is 20.4 Å². The summed E-state index contributed by atoms with van der Waals surface area (Å²) in [4.78, 5) is 15.2. The fraction of sp³-hybridized carbons (Fsp3) is 0.750. The molecule has 0 radical (unpaired) electrons. The number of hydrogen-bond donors (Lipinski definition) is 1. The topological polar surface area (TPSA) is 43.8 Å². The van der Waals surface area contributed by atoms with Crippen molar-refractivity contribution in [1.29, 1.82) is 0 Å². The van der Waals surface area contributed by atoms with Crippen LogP contribution < -0.4 is 0 Å². The molecule has 92 valence electrons. The average molecular weight is 226 g/mol. The maximum atomic E-state index is 10.6. The Morgan fingerprint density at radius 1 is 1.56 bits per heavy atom. The number of piperazine rings is 1. The van der Waals surface area contributed by atoms with Crippen molar-refractivity contribution in [2.45, 2.75) is 31.8 Å². The van der Waals surface area contributed by atoms with Crippen molar-refractivity contribution in [3.63, 3.8) is 0 Å². The zero-order valence-corrected chi connectivity index (χ0v) is 10.2. The fourth-order valence-electron chi connectivity index (χ4n) is 2.28. The molecule has 1 aliphatic heterocycles. The molecule has 2 atom stereocenters. The number of hydrogen-bond acceptors (Lipinski definition) is 3. The first kappa shape index (κ1) is 13.2. The summed E-state index contributed by atoms with van der Waals surface area (Å²) in [7, 11) is 2.09. The van der Waals surface area contributed by atoms with Crippen LogP contribution in [-0.2, 0) is 4.79 Å². The van der Waals surface area contributed by atoms with Crippen molar-refractivity contribution >= 4 is 5.97 Å². The van der Waals surface area contributed by atoms with E-state index in [1.54, 1.807) is 0 Å². The lowest BCUT2D eigenvalue weighted by molar-refractivity contribution is -0.137. The van der Waals surface area contributed by atoms with E-state index < -0.39 is 5.97 Å². The van der Waals surface area contributed by atoms with Crippen molar-refractivity contribution in [3.05, 3.63) is 12.7 Å². The molecule has 1 aliphatic rings. The van der Waals surface area contributed by atoms with Crippen LogP contribution in [0.4, 0.5) is 0 Å². The van der Waals surface area contributed by atoms with Crippen molar-refractivity contribution in [3.8, 4) is 0 Å². The summed E-state index contributed by atoms with van der Waals surface area (Å²) >= 11 is 0. The van der Waals surface area contributed by atoms with Crippen molar-refractivity contribution in [1.82, 2.24) is 9.80 Å². The molecule has 1 heterocycles. The second-order valence-electron chi connectivity index (χ2n) is 4.61. The Morgan fingerprint density at radius 3 is 2.81 bits per heavy atom. The van der Waals surface area contributed by atoms with Crippen LogP contribution in [0.2, 0.25) is 0 Å². The number of likely N-dealkylation sites (N-methyl/N-ethyl adjacent to an activating group) is 1. The van der Waals surface area contributed by atoms with Gasteiger partial charge in [-0.15, -0.1) is 6.58 Å². The normalized spacial score (nSPS) is 27.9. The standard InChI is InChI=1S/C12H22N2O2/c1-4-7-14-8-10(2)13(3)11(9-14)5-6-12(15)16/h4,10-11H,1,5-9H2,2-3H3,(H,15,16). The Morgan fingerprint density at radius 2 is 2.25 bits per heavy atom. The molecule has 1 rings (SSSR count). The first-order chi connectivity index (χ1) is 7.54. The number of carboxylic acid groups (broad SMARTS) is 1. The summed E-state index contributed by atoms with van der Waals surface area (Å²) in [6, 6.07) is 0.826. The van der Waals surface area contributed by atoms with Crippen LogP contribution in [0.1, 0.15) is 19.8 Å². The van der Waals surface area contributed by atoms with E-state index in [0.717, 1.165) is 26.1 Å². The number of nitrogens with zero attached hydrogens (tertiary/aromatic N) is 2. The third-order valence-electron chi connectivity index (χ3n) is 3.34. The second kappa shape index (κ2) is 6.01. The molecular weight excluding hydrogens is 204 g/mol. The van der Waals surface area contributed by atoms with Gasteiger partial charge in [0, 0.05) is 38.1 Å². The molecule has 0 amide bonds. The number of carbonyl (C=O) groups is 1. The van der Waals surface area contributed by atoms with Crippen molar-refractivity contribution < 1.29 is 9.90 Å². The quantitative estimate of drug-likeness (QED) is 0.711. The molecule has 1 fully saturated rings. The molecule has 0 aromatic rings. The minimum atomic E-state index is -0.707. The fourth-order valence-corrected chi connectivity index (χ4v) is 2.28. The summed E-state index contributed by atoms with van der Waals surface area (Å²) in [5.41, 5.74) is 0. The Bertz CT molecular complexity index is 255. The number of rotatable bonds is 5. The van der Waals surface area contributed by atoms with Gasteiger partial charge in [-0.1, -0.05) is 6.08 Å². The molecule has 16 heavy (non-hydrogen) atoms. The molecule has 1 saturated heterocycles. The van der Waals surface area contributed by atoms with E-state index in [0.29, 0.717) is 12.1 Å². The van der Waals surface area contributed by atoms with E-state index in [-0.39, 0.29) is 6.42 Å². The van der Waals surface area contributed by atoms with Gasteiger partial charge in [0.15, 0.2) is 0 Å². The maximum Gasteiger partial charge on any atom is 0.303 e. The predicted octanol–water partition coefficient (Wildman–Crippen LogP) is 1.04. The molecule has 0 saturated carbocycles. The van der Waals surface area contributed by atoms with E-state index in [2.05, 4.69) is 30.4 Å². The molecule has 4 nitrogen and oxygen atoms in total. The van der Waals surface area contributed by atoms with E-state index in [1.807, 2.05) is 6.08 Å². The highest BCUT2D eigenvalue weighted by Crippen LogP contribution is 2.17. The van der Waals surface area contributed by atoms with Gasteiger partial charge in [-0.2, -0.15) is 0 Å². The summed E-state index contributed by atoms with van der Waals surface area (Å²) in [5.74, 6) is -0.707. The lowest BCUT2D eigenvalue weighted by atomic mass is 10.0. The van der Waals surface area contributed by atoms with Gasteiger partial charge in [0.2, 0.25) is 0 Å². The largest absolute Gasteiger partial charge is 0.481 e. The van der Waals surface area contributed by atoms with E-state index >= 15 is 0 Å². The summed E-state index contributed by atoms with van der Waals surface area (Å²) in [6.07, 6.45) is 2.89. The first-order valence-electron chi connectivity index (χ1n) is 5.81. The molecule has 1 N–H and O–H groups in total. The van der Waals surface area contributed by atoms with Gasteiger partial charge in [0.1, 0.15) is 0 Å². The van der Waals surface area contributed by atoms with Crippen LogP contribution in [0.15, 0.2) is 12.7 Å². The molecule has 0 spiro atoms. The average Bonchev–Trinajstić information content (AvgIpc) is 2.21. The Kier molecular flexibility index (Phi) is 4.96. The Balaban J connectivity index is 2.51. The third-order valence-corrected chi connectivity index (χ3v) is 3.34. The smallest absolute Gasteiger partial charge is 0.303 e. The van der Waals surface area contributed by atoms with Crippen LogP contribution >= 0.6 is 0 Å². The molecule has 2 unspecified atom stereocenters. The zero-order valence-electron chi connectivity index (χ0n) is 10.2. The molecule has 0 aromatic carbocycles. The third kappa shape index (κ3) is 3.61. The minimum Gasteiger partial charge on any atom is -0.481 e. The highest BCUT2D eigenvalue weighted by molar-refractivity contribution is 5.66. The van der Waals surface area contributed by atoms with Crippen LogP contribution in [0.25, 0.3) is 0 Å². The Labute approximate surface area is 97.5 Å². The van der Waals surface area contributed by atoms with Gasteiger partial charge in [0.05, 0.1) is 0 Å². The van der Waals surface area contributed by atoms with Crippen LogP contribution in [0.5, 0.6) is 0 Å². The SMILES string of the molecule is C=CCN1CC(C)N(C)C(CCC(=O)O)C1. The van der Waals surface area contributed by atoms with Gasteiger partial charge in [-0.3, -0.25) is 14.6 Å². The van der Waals surface area contributed by atoms with Crippen molar-refractivity contribution in [2.75, 3.05) is 26.7 Å². The predicted molar refractivity (Wildman–Crippen MR) is 64.5 cm³/mol. The number of carboxylic acids is 1. The zero-order chi connectivity index (χ0) is 12.1. The van der Waals surface area contributed by atoms with E-state index in [4.69, 9.17) is 5.11 Å². The molecule has 0 aliphatic carbocycles. The minimum absolute atomic E-state index is 0.254. The van der Waals surface area contributed by atoms with Gasteiger partial charge < -0.3 is 5.11 Å². The maximum absolute atomic E-state index is 10.6. The Hall–Kier alpha value is -0.870. The second-order valence-corrected chi connectivity index (χ2v) is 4.61. The lowest BCUT2D eigenvalue weighted by Crippen LogP contribution is -2.56. The monoisotopic (exact) mass is 226 g/mol. The van der Waals surface area contributed by atoms with Crippen molar-refractivity contribution in [2.24, 2.45) is 0 Å². The number of aliphatic carboxylic acids is 1. The first-order valence-corrected chi connectivity index (χ1v) is 5.81. The highest BCUT2D eigenvalue weighted by atomic mass is 16.4. The highest BCUT2D eigenvalue weighted by Gasteiger charge is 2.28. The van der Waals surface area contributed by atoms with Crippen LogP contribution in [0.3, 0.4) is 0 Å².